The zero-order valence-corrected chi connectivity index (χ0v) is 18.5. The number of allylic oxidation sites excluding steroid dienone is 2. The van der Waals surface area contributed by atoms with Gasteiger partial charge in [-0.1, -0.05) is 60.7 Å². The molecular weight excluding hydrogens is 420 g/mol. The molecule has 0 radical (unpaired) electrons. The normalized spacial score (nSPS) is 19.2. The monoisotopic (exact) mass is 442 g/mol. The van der Waals surface area contributed by atoms with Crippen molar-refractivity contribution in [1.29, 1.82) is 0 Å². The van der Waals surface area contributed by atoms with E-state index >= 15 is 0 Å². The Balaban J connectivity index is 1.95. The predicted octanol–water partition coefficient (Wildman–Crippen LogP) is 3.66. The topological polar surface area (TPSA) is 78.9 Å². The third-order valence-electron chi connectivity index (χ3n) is 6.77. The van der Waals surface area contributed by atoms with Crippen molar-refractivity contribution in [3.05, 3.63) is 94.1 Å². The van der Waals surface area contributed by atoms with Gasteiger partial charge in [0.15, 0.2) is 0 Å². The number of fused-ring (bicyclic) bond motifs is 7. The molecule has 1 unspecified atom stereocenters. The smallest absolute Gasteiger partial charge is 0.339 e. The molecule has 0 amide bonds. The second kappa shape index (κ2) is 7.59. The quantitative estimate of drug-likeness (QED) is 0.533. The van der Waals surface area contributed by atoms with Crippen molar-refractivity contribution in [2.45, 2.75) is 11.8 Å². The third kappa shape index (κ3) is 2.64. The first kappa shape index (κ1) is 20.9. The Labute approximate surface area is 191 Å². The summed E-state index contributed by atoms with van der Waals surface area (Å²) in [4.78, 5) is 39.0. The van der Waals surface area contributed by atoms with E-state index in [0.29, 0.717) is 17.6 Å². The van der Waals surface area contributed by atoms with Crippen molar-refractivity contribution in [3.63, 3.8) is 0 Å². The van der Waals surface area contributed by atoms with Gasteiger partial charge in [0, 0.05) is 0 Å². The molecule has 0 heterocycles. The van der Waals surface area contributed by atoms with Crippen LogP contribution in [0.2, 0.25) is 0 Å². The van der Waals surface area contributed by atoms with E-state index in [1.165, 1.54) is 21.3 Å². The van der Waals surface area contributed by atoms with Gasteiger partial charge in [-0.05, 0) is 39.8 Å². The largest absolute Gasteiger partial charge is 0.469 e. The van der Waals surface area contributed by atoms with Gasteiger partial charge in [0.1, 0.15) is 0 Å². The molecule has 0 bridgehead atoms. The molecule has 0 aromatic heterocycles. The molecule has 0 saturated heterocycles. The van der Waals surface area contributed by atoms with Crippen molar-refractivity contribution < 1.29 is 28.6 Å². The molecule has 1 spiro atoms. The lowest BCUT2D eigenvalue weighted by atomic mass is 9.67. The fourth-order valence-corrected chi connectivity index (χ4v) is 5.52. The lowest BCUT2D eigenvalue weighted by Gasteiger charge is -2.33. The number of carbonyl (C=O) groups excluding carboxylic acids is 3. The van der Waals surface area contributed by atoms with E-state index in [1.54, 1.807) is 0 Å². The first-order valence-electron chi connectivity index (χ1n) is 10.6. The average molecular weight is 442 g/mol. The van der Waals surface area contributed by atoms with Gasteiger partial charge < -0.3 is 14.2 Å². The standard InChI is InChI=1S/C27H22O6/c1-31-24(28)15-12-13-18-21(14-15)27(23(26(30)33-3)22(18)25(29)32-2)19-10-6-4-8-16(19)17-9-5-7-11-20(17)27/h4-11,13-15H,12H2,1-3H3. The minimum Gasteiger partial charge on any atom is -0.469 e. The zero-order chi connectivity index (χ0) is 23.3. The summed E-state index contributed by atoms with van der Waals surface area (Å²) >= 11 is 0. The van der Waals surface area contributed by atoms with Gasteiger partial charge in [-0.25, -0.2) is 9.59 Å². The average Bonchev–Trinajstić information content (AvgIpc) is 3.34. The number of esters is 3. The summed E-state index contributed by atoms with van der Waals surface area (Å²) in [5.41, 5.74) is 4.19. The van der Waals surface area contributed by atoms with E-state index in [4.69, 9.17) is 14.2 Å². The first-order chi connectivity index (χ1) is 16.0. The molecule has 6 nitrogen and oxygen atoms in total. The molecule has 3 aliphatic carbocycles. The molecule has 33 heavy (non-hydrogen) atoms. The number of hydrogen-bond donors (Lipinski definition) is 0. The van der Waals surface area contributed by atoms with Crippen LogP contribution in [0, 0.1) is 5.92 Å². The van der Waals surface area contributed by atoms with Crippen molar-refractivity contribution >= 4 is 17.9 Å². The maximum absolute atomic E-state index is 13.4. The summed E-state index contributed by atoms with van der Waals surface area (Å²) in [5, 5.41) is 0. The number of rotatable bonds is 3. The molecule has 5 rings (SSSR count). The minimum absolute atomic E-state index is 0.172. The number of benzene rings is 2. The van der Waals surface area contributed by atoms with Crippen LogP contribution in [0.4, 0.5) is 0 Å². The highest BCUT2D eigenvalue weighted by atomic mass is 16.5. The maximum Gasteiger partial charge on any atom is 0.339 e. The van der Waals surface area contributed by atoms with Crippen LogP contribution in [-0.4, -0.2) is 39.2 Å². The van der Waals surface area contributed by atoms with Gasteiger partial charge in [0.2, 0.25) is 0 Å². The van der Waals surface area contributed by atoms with Crippen LogP contribution in [0.15, 0.2) is 83.0 Å². The Bertz CT molecular complexity index is 1260. The Kier molecular flexibility index (Phi) is 4.81. The summed E-state index contributed by atoms with van der Waals surface area (Å²) in [7, 11) is 3.94. The van der Waals surface area contributed by atoms with Crippen LogP contribution in [0.1, 0.15) is 17.5 Å². The van der Waals surface area contributed by atoms with Crippen molar-refractivity contribution in [2.24, 2.45) is 5.92 Å². The fourth-order valence-electron chi connectivity index (χ4n) is 5.52. The molecule has 0 fully saturated rings. The molecule has 3 aliphatic rings. The Morgan fingerprint density at radius 2 is 1.39 bits per heavy atom. The molecule has 2 aromatic carbocycles. The van der Waals surface area contributed by atoms with Crippen LogP contribution in [0.3, 0.4) is 0 Å². The van der Waals surface area contributed by atoms with Gasteiger partial charge in [0.05, 0.1) is 43.8 Å². The number of hydrogen-bond acceptors (Lipinski definition) is 6. The SMILES string of the molecule is COC(=O)C1=C(C(=O)OC)C2(C3=CC(C(=O)OC)CC=C31)c1ccccc1-c1ccccc12. The molecule has 6 heteroatoms. The van der Waals surface area contributed by atoms with E-state index in [0.717, 1.165) is 22.3 Å². The molecule has 0 aliphatic heterocycles. The van der Waals surface area contributed by atoms with Gasteiger partial charge in [-0.2, -0.15) is 0 Å². The summed E-state index contributed by atoms with van der Waals surface area (Å²) < 4.78 is 15.4. The van der Waals surface area contributed by atoms with Gasteiger partial charge in [-0.15, -0.1) is 0 Å². The van der Waals surface area contributed by atoms with E-state index < -0.39 is 23.3 Å². The molecule has 1 atom stereocenters. The van der Waals surface area contributed by atoms with Gasteiger partial charge in [0.25, 0.3) is 0 Å². The molecule has 0 saturated carbocycles. The number of ether oxygens (including phenoxy) is 3. The Morgan fingerprint density at radius 3 is 1.94 bits per heavy atom. The second-order valence-electron chi connectivity index (χ2n) is 8.14. The van der Waals surface area contributed by atoms with E-state index in [1.807, 2.05) is 60.7 Å². The van der Waals surface area contributed by atoms with Crippen molar-refractivity contribution in [1.82, 2.24) is 0 Å². The number of methoxy groups -OCH3 is 3. The maximum atomic E-state index is 13.4. The molecule has 2 aromatic rings. The third-order valence-corrected chi connectivity index (χ3v) is 6.77. The molecule has 0 N–H and O–H groups in total. The summed E-state index contributed by atoms with van der Waals surface area (Å²) in [6.45, 7) is 0. The highest BCUT2D eigenvalue weighted by Gasteiger charge is 2.59. The number of carbonyl (C=O) groups is 3. The van der Waals surface area contributed by atoms with Crippen molar-refractivity contribution in [2.75, 3.05) is 21.3 Å². The summed E-state index contributed by atoms with van der Waals surface area (Å²) in [6, 6.07) is 15.6. The summed E-state index contributed by atoms with van der Waals surface area (Å²) in [5.74, 6) is -2.16. The van der Waals surface area contributed by atoms with Gasteiger partial charge >= 0.3 is 17.9 Å². The van der Waals surface area contributed by atoms with Crippen molar-refractivity contribution in [3.8, 4) is 11.1 Å². The van der Waals surface area contributed by atoms with E-state index in [9.17, 15) is 14.4 Å². The highest BCUT2D eigenvalue weighted by Crippen LogP contribution is 2.64. The lowest BCUT2D eigenvalue weighted by Crippen LogP contribution is -2.33. The Morgan fingerprint density at radius 1 is 0.818 bits per heavy atom. The predicted molar refractivity (Wildman–Crippen MR) is 120 cm³/mol. The zero-order valence-electron chi connectivity index (χ0n) is 18.5. The van der Waals surface area contributed by atoms with E-state index in [2.05, 4.69) is 0 Å². The lowest BCUT2D eigenvalue weighted by molar-refractivity contribution is -0.143. The minimum atomic E-state index is -1.11. The van der Waals surface area contributed by atoms with Crippen LogP contribution < -0.4 is 0 Å². The first-order valence-corrected chi connectivity index (χ1v) is 10.6. The molecular formula is C27H22O6. The molecule has 166 valence electrons. The van der Waals surface area contributed by atoms with Crippen LogP contribution >= 0.6 is 0 Å². The van der Waals surface area contributed by atoms with Crippen LogP contribution in [-0.2, 0) is 34.0 Å². The highest BCUT2D eigenvalue weighted by molar-refractivity contribution is 6.13. The van der Waals surface area contributed by atoms with E-state index in [-0.39, 0.29) is 17.1 Å². The fraction of sp³-hybridized carbons (Fsp3) is 0.222. The second-order valence-corrected chi connectivity index (χ2v) is 8.14. The van der Waals surface area contributed by atoms with Crippen LogP contribution in [0.25, 0.3) is 11.1 Å². The summed E-state index contributed by atoms with van der Waals surface area (Å²) in [6.07, 6.45) is 4.00. The van der Waals surface area contributed by atoms with Crippen LogP contribution in [0.5, 0.6) is 0 Å². The Hall–Kier alpha value is -3.93. The van der Waals surface area contributed by atoms with Gasteiger partial charge in [-0.3, -0.25) is 4.79 Å².